The molecule has 14 heteroatoms. The Kier molecular flexibility index (Phi) is 8.79. The second-order valence-electron chi connectivity index (χ2n) is 8.78. The molecule has 0 aromatic rings. The number of nitrogens with two attached hydrogens (primary N) is 5. The molecular formula is C18H37N5O9. The molecule has 14 atom stereocenters. The average molecular weight is 468 g/mol. The van der Waals surface area contributed by atoms with Gasteiger partial charge in [0.05, 0.1) is 30.9 Å². The Bertz CT molecular complexity index is 607. The third kappa shape index (κ3) is 5.24. The summed E-state index contributed by atoms with van der Waals surface area (Å²) >= 11 is 0. The van der Waals surface area contributed by atoms with Crippen molar-refractivity contribution < 1.29 is 44.5 Å². The van der Waals surface area contributed by atoms with Crippen molar-refractivity contribution in [2.45, 2.75) is 98.4 Å². The number of hydrogen-bond acceptors (Lipinski definition) is 14. The molecule has 0 amide bonds. The molecule has 0 bridgehead atoms. The maximum atomic E-state index is 11.0. The molecule has 2 saturated heterocycles. The summed E-state index contributed by atoms with van der Waals surface area (Å²) in [6.07, 6.45) is -10.8. The molecule has 1 aliphatic carbocycles. The van der Waals surface area contributed by atoms with Crippen LogP contribution in [0.15, 0.2) is 0 Å². The molecule has 188 valence electrons. The monoisotopic (exact) mass is 467 g/mol. The van der Waals surface area contributed by atoms with Crippen molar-refractivity contribution in [3.05, 3.63) is 0 Å². The molecule has 2 aliphatic heterocycles. The van der Waals surface area contributed by atoms with Crippen LogP contribution in [0.4, 0.5) is 0 Å². The molecule has 0 aromatic heterocycles. The molecule has 3 aliphatic rings. The first kappa shape index (κ1) is 26.1. The lowest BCUT2D eigenvalue weighted by atomic mass is 9.84. The highest BCUT2D eigenvalue weighted by molar-refractivity contribution is 5.01. The van der Waals surface area contributed by atoms with E-state index < -0.39 is 92.2 Å². The van der Waals surface area contributed by atoms with E-state index in [2.05, 4.69) is 0 Å². The lowest BCUT2D eigenvalue weighted by Crippen LogP contribution is -2.68. The summed E-state index contributed by atoms with van der Waals surface area (Å²) in [4.78, 5) is 0. The smallest absolute Gasteiger partial charge is 0.186 e. The Balaban J connectivity index is 1.70. The minimum Gasteiger partial charge on any atom is -0.394 e. The van der Waals surface area contributed by atoms with Gasteiger partial charge in [0.25, 0.3) is 0 Å². The summed E-state index contributed by atoms with van der Waals surface area (Å²) in [5.74, 6) is 0. The third-order valence-corrected chi connectivity index (χ3v) is 6.41. The largest absolute Gasteiger partial charge is 0.394 e. The van der Waals surface area contributed by atoms with Gasteiger partial charge in [0.15, 0.2) is 12.6 Å². The standard InChI is InChI=1S/C18H37N5O9/c19-3-9-8(25)2-7(22)17(29-9)31-15-5(20)1-6(21)16(14(15)28)32-18-13(27)11(23)12(26)10(4-24)30-18/h5-18,24-28H,1-4,19-23H2/t5-,6+,7-,8+,9+,10-,11+,12+,13+,14-,15-,16+,17-,18+/m1/s1. The summed E-state index contributed by atoms with van der Waals surface area (Å²) in [6.45, 7) is -0.499. The van der Waals surface area contributed by atoms with Crippen molar-refractivity contribution in [1.29, 1.82) is 0 Å². The fourth-order valence-electron chi connectivity index (χ4n) is 4.43. The Labute approximate surface area is 185 Å². The van der Waals surface area contributed by atoms with E-state index >= 15 is 0 Å². The summed E-state index contributed by atoms with van der Waals surface area (Å²) in [5, 5.41) is 50.7. The summed E-state index contributed by atoms with van der Waals surface area (Å²) < 4.78 is 22.7. The van der Waals surface area contributed by atoms with Crippen LogP contribution in [0.2, 0.25) is 0 Å². The molecule has 3 fully saturated rings. The first-order valence-electron chi connectivity index (χ1n) is 10.8. The minimum absolute atomic E-state index is 0.0542. The van der Waals surface area contributed by atoms with Crippen molar-refractivity contribution in [1.82, 2.24) is 0 Å². The SMILES string of the molecule is NC[C@@H]1O[C@H](O[C@H]2[C@@H](O)[C@@H](O[C@@H]3O[C@H](CO)[C@H](O)[C@H](N)[C@@H]3O)[C@@H](N)C[C@H]2N)[C@H](N)C[C@@H]1O. The quantitative estimate of drug-likeness (QED) is 0.174. The maximum Gasteiger partial charge on any atom is 0.186 e. The Hall–Kier alpha value is -0.560. The molecule has 0 spiro atoms. The van der Waals surface area contributed by atoms with Crippen molar-refractivity contribution in [2.24, 2.45) is 28.7 Å². The summed E-state index contributed by atoms with van der Waals surface area (Å²) in [5.41, 5.74) is 29.8. The predicted octanol–water partition coefficient (Wildman–Crippen LogP) is -6.30. The molecule has 14 nitrogen and oxygen atoms in total. The Morgan fingerprint density at radius 1 is 0.719 bits per heavy atom. The van der Waals surface area contributed by atoms with Crippen LogP contribution in [0.25, 0.3) is 0 Å². The lowest BCUT2D eigenvalue weighted by molar-refractivity contribution is -0.314. The molecule has 0 aromatic carbocycles. The van der Waals surface area contributed by atoms with Crippen LogP contribution in [-0.4, -0.2) is 124 Å². The van der Waals surface area contributed by atoms with E-state index in [0.29, 0.717) is 0 Å². The predicted molar refractivity (Wildman–Crippen MR) is 108 cm³/mol. The summed E-state index contributed by atoms with van der Waals surface area (Å²) in [7, 11) is 0. The first-order valence-corrected chi connectivity index (χ1v) is 10.8. The van der Waals surface area contributed by atoms with Crippen LogP contribution in [0, 0.1) is 0 Å². The van der Waals surface area contributed by atoms with E-state index in [-0.39, 0.29) is 19.4 Å². The second-order valence-corrected chi connectivity index (χ2v) is 8.78. The molecule has 0 unspecified atom stereocenters. The van der Waals surface area contributed by atoms with Gasteiger partial charge < -0.3 is 73.1 Å². The second kappa shape index (κ2) is 10.8. The van der Waals surface area contributed by atoms with Gasteiger partial charge in [0, 0.05) is 18.6 Å². The molecular weight excluding hydrogens is 430 g/mol. The molecule has 0 radical (unpaired) electrons. The van der Waals surface area contributed by atoms with Crippen LogP contribution in [0.1, 0.15) is 12.8 Å². The first-order chi connectivity index (χ1) is 15.1. The van der Waals surface area contributed by atoms with Gasteiger partial charge in [-0.1, -0.05) is 0 Å². The number of aliphatic hydroxyl groups is 5. The van der Waals surface area contributed by atoms with Crippen molar-refractivity contribution in [3.8, 4) is 0 Å². The zero-order chi connectivity index (χ0) is 23.7. The molecule has 32 heavy (non-hydrogen) atoms. The number of rotatable bonds is 6. The van der Waals surface area contributed by atoms with E-state index in [4.69, 9.17) is 47.6 Å². The van der Waals surface area contributed by atoms with E-state index in [1.165, 1.54) is 0 Å². The van der Waals surface area contributed by atoms with Gasteiger partial charge in [0.2, 0.25) is 0 Å². The maximum absolute atomic E-state index is 11.0. The highest BCUT2D eigenvalue weighted by Crippen LogP contribution is 2.30. The van der Waals surface area contributed by atoms with Gasteiger partial charge in [-0.25, -0.2) is 0 Å². The van der Waals surface area contributed by atoms with E-state index in [1.807, 2.05) is 0 Å². The van der Waals surface area contributed by atoms with Gasteiger partial charge in [0.1, 0.15) is 36.6 Å². The van der Waals surface area contributed by atoms with Crippen molar-refractivity contribution in [3.63, 3.8) is 0 Å². The fourth-order valence-corrected chi connectivity index (χ4v) is 4.43. The Morgan fingerprint density at radius 3 is 1.84 bits per heavy atom. The van der Waals surface area contributed by atoms with Crippen LogP contribution >= 0.6 is 0 Å². The van der Waals surface area contributed by atoms with Gasteiger partial charge >= 0.3 is 0 Å². The molecule has 1 saturated carbocycles. The van der Waals surface area contributed by atoms with Gasteiger partial charge in [-0.3, -0.25) is 0 Å². The highest BCUT2D eigenvalue weighted by Gasteiger charge is 2.50. The Morgan fingerprint density at radius 2 is 1.28 bits per heavy atom. The average Bonchev–Trinajstić information content (AvgIpc) is 2.75. The van der Waals surface area contributed by atoms with Gasteiger partial charge in [-0.15, -0.1) is 0 Å². The van der Waals surface area contributed by atoms with Crippen LogP contribution < -0.4 is 28.7 Å². The van der Waals surface area contributed by atoms with E-state index in [0.717, 1.165) is 0 Å². The van der Waals surface area contributed by atoms with Gasteiger partial charge in [-0.05, 0) is 12.8 Å². The summed E-state index contributed by atoms with van der Waals surface area (Å²) in [6, 6.07) is -3.27. The number of ether oxygens (including phenoxy) is 4. The molecule has 3 rings (SSSR count). The minimum atomic E-state index is -1.44. The zero-order valence-electron chi connectivity index (χ0n) is 17.7. The van der Waals surface area contributed by atoms with Crippen molar-refractivity contribution in [2.75, 3.05) is 13.2 Å². The molecule has 2 heterocycles. The van der Waals surface area contributed by atoms with Gasteiger partial charge in [-0.2, -0.15) is 0 Å². The molecule has 15 N–H and O–H groups in total. The number of hydrogen-bond donors (Lipinski definition) is 10. The van der Waals surface area contributed by atoms with Crippen LogP contribution in [0.3, 0.4) is 0 Å². The van der Waals surface area contributed by atoms with E-state index in [9.17, 15) is 25.5 Å². The zero-order valence-corrected chi connectivity index (χ0v) is 17.7. The van der Waals surface area contributed by atoms with Crippen LogP contribution in [0.5, 0.6) is 0 Å². The van der Waals surface area contributed by atoms with E-state index in [1.54, 1.807) is 0 Å². The van der Waals surface area contributed by atoms with Crippen LogP contribution in [-0.2, 0) is 18.9 Å². The highest BCUT2D eigenvalue weighted by atomic mass is 16.7. The third-order valence-electron chi connectivity index (χ3n) is 6.41. The number of aliphatic hydroxyl groups excluding tert-OH is 5. The lowest BCUT2D eigenvalue weighted by Gasteiger charge is -2.47. The fraction of sp³-hybridized carbons (Fsp3) is 1.00. The van der Waals surface area contributed by atoms with Crippen molar-refractivity contribution >= 4 is 0 Å². The topological polar surface area (TPSA) is 268 Å². The normalized spacial score (nSPS) is 52.7.